The summed E-state index contributed by atoms with van der Waals surface area (Å²) in [6.07, 6.45) is 5.56. The molecule has 1 fully saturated rings. The van der Waals surface area contributed by atoms with E-state index in [1.807, 2.05) is 30.5 Å². The van der Waals surface area contributed by atoms with E-state index >= 15 is 0 Å². The summed E-state index contributed by atoms with van der Waals surface area (Å²) in [5.74, 6) is -0.205. The normalized spacial score (nSPS) is 20.2. The maximum atomic E-state index is 13.3. The van der Waals surface area contributed by atoms with Crippen LogP contribution in [-0.2, 0) is 4.79 Å². The van der Waals surface area contributed by atoms with E-state index in [2.05, 4.69) is 10.3 Å². The molecule has 0 bridgehead atoms. The highest BCUT2D eigenvalue weighted by atomic mass is 19.1. The Morgan fingerprint density at radius 3 is 2.73 bits per heavy atom. The number of benzene rings is 2. The van der Waals surface area contributed by atoms with Crippen molar-refractivity contribution in [3.8, 4) is 11.1 Å². The molecule has 3 aromatic rings. The second-order valence-corrected chi connectivity index (χ2v) is 7.08. The van der Waals surface area contributed by atoms with E-state index in [1.165, 1.54) is 12.1 Å². The molecule has 0 unspecified atom stereocenters. The number of carbonyl (C=O) groups excluding carboxylic acids is 1. The lowest BCUT2D eigenvalue weighted by Gasteiger charge is -2.25. The highest BCUT2D eigenvalue weighted by Gasteiger charge is 2.25. The number of carbonyl (C=O) groups is 1. The minimum absolute atomic E-state index is 0.00180. The Balaban J connectivity index is 1.50. The second kappa shape index (κ2) is 6.92. The van der Waals surface area contributed by atoms with E-state index in [1.54, 1.807) is 6.07 Å². The van der Waals surface area contributed by atoms with Gasteiger partial charge >= 0.3 is 0 Å². The van der Waals surface area contributed by atoms with Crippen LogP contribution in [0, 0.1) is 11.7 Å². The van der Waals surface area contributed by atoms with Crippen LogP contribution in [0.1, 0.15) is 25.7 Å². The zero-order valence-electron chi connectivity index (χ0n) is 14.5. The van der Waals surface area contributed by atoms with E-state index in [9.17, 15) is 9.18 Å². The minimum atomic E-state index is -0.258. The van der Waals surface area contributed by atoms with Gasteiger partial charge in [0.25, 0.3) is 0 Å². The SMILES string of the molecule is N[C@@H]1CCC[C@H](C(=O)Nc2ccc(-c3c[nH]c4cc(F)ccc34)cc2)C1. The molecule has 4 nitrogen and oxygen atoms in total. The number of amides is 1. The van der Waals surface area contributed by atoms with Crippen LogP contribution in [0.5, 0.6) is 0 Å². The summed E-state index contributed by atoms with van der Waals surface area (Å²) in [5, 5.41) is 3.97. The highest BCUT2D eigenvalue weighted by molar-refractivity contribution is 5.96. The summed E-state index contributed by atoms with van der Waals surface area (Å²) in [6.45, 7) is 0. The van der Waals surface area contributed by atoms with Gasteiger partial charge in [-0.1, -0.05) is 18.6 Å². The first-order chi connectivity index (χ1) is 12.6. The molecule has 134 valence electrons. The number of aromatic nitrogens is 1. The molecule has 1 amide bonds. The second-order valence-electron chi connectivity index (χ2n) is 7.08. The Morgan fingerprint density at radius 1 is 1.15 bits per heavy atom. The number of nitrogens with two attached hydrogens (primary N) is 1. The summed E-state index contributed by atoms with van der Waals surface area (Å²) in [7, 11) is 0. The van der Waals surface area contributed by atoms with Gasteiger partial charge in [-0.25, -0.2) is 4.39 Å². The number of fused-ring (bicyclic) bond motifs is 1. The highest BCUT2D eigenvalue weighted by Crippen LogP contribution is 2.30. The zero-order valence-corrected chi connectivity index (χ0v) is 14.5. The molecule has 26 heavy (non-hydrogen) atoms. The van der Waals surface area contributed by atoms with Gasteiger partial charge in [-0.2, -0.15) is 0 Å². The van der Waals surface area contributed by atoms with Crippen molar-refractivity contribution in [2.45, 2.75) is 31.7 Å². The van der Waals surface area contributed by atoms with Crippen LogP contribution in [0.3, 0.4) is 0 Å². The van der Waals surface area contributed by atoms with Crippen LogP contribution in [-0.4, -0.2) is 16.9 Å². The van der Waals surface area contributed by atoms with Gasteiger partial charge in [0.2, 0.25) is 5.91 Å². The molecule has 0 aliphatic heterocycles. The molecule has 0 spiro atoms. The van der Waals surface area contributed by atoms with Crippen molar-refractivity contribution in [3.63, 3.8) is 0 Å². The fourth-order valence-electron chi connectivity index (χ4n) is 3.78. The van der Waals surface area contributed by atoms with Gasteiger partial charge in [-0.3, -0.25) is 4.79 Å². The molecule has 2 aromatic carbocycles. The van der Waals surface area contributed by atoms with Crippen molar-refractivity contribution in [1.29, 1.82) is 0 Å². The molecule has 1 aliphatic rings. The van der Waals surface area contributed by atoms with Crippen LogP contribution >= 0.6 is 0 Å². The third kappa shape index (κ3) is 3.35. The van der Waals surface area contributed by atoms with Crippen LogP contribution < -0.4 is 11.1 Å². The molecule has 0 radical (unpaired) electrons. The van der Waals surface area contributed by atoms with Gasteiger partial charge in [0.05, 0.1) is 0 Å². The van der Waals surface area contributed by atoms with Crippen molar-refractivity contribution < 1.29 is 9.18 Å². The number of halogens is 1. The van der Waals surface area contributed by atoms with E-state index in [-0.39, 0.29) is 23.7 Å². The van der Waals surface area contributed by atoms with Crippen LogP contribution in [0.4, 0.5) is 10.1 Å². The van der Waals surface area contributed by atoms with E-state index in [0.29, 0.717) is 0 Å². The number of hydrogen-bond acceptors (Lipinski definition) is 2. The Kier molecular flexibility index (Phi) is 4.47. The average molecular weight is 351 g/mol. The lowest BCUT2D eigenvalue weighted by molar-refractivity contribution is -0.120. The molecule has 0 saturated heterocycles. The maximum absolute atomic E-state index is 13.3. The lowest BCUT2D eigenvalue weighted by Crippen LogP contribution is -2.34. The van der Waals surface area contributed by atoms with Gasteiger partial charge in [0.1, 0.15) is 5.82 Å². The average Bonchev–Trinajstić information content (AvgIpc) is 3.05. The van der Waals surface area contributed by atoms with Gasteiger partial charge in [-0.15, -0.1) is 0 Å². The number of H-pyrrole nitrogens is 1. The molecule has 1 saturated carbocycles. The summed E-state index contributed by atoms with van der Waals surface area (Å²) >= 11 is 0. The van der Waals surface area contributed by atoms with Crippen LogP contribution in [0.15, 0.2) is 48.7 Å². The fraction of sp³-hybridized carbons (Fsp3) is 0.286. The molecular weight excluding hydrogens is 329 g/mol. The first-order valence-corrected chi connectivity index (χ1v) is 9.03. The van der Waals surface area contributed by atoms with Crippen molar-refractivity contribution >= 4 is 22.5 Å². The number of rotatable bonds is 3. The maximum Gasteiger partial charge on any atom is 0.227 e. The summed E-state index contributed by atoms with van der Waals surface area (Å²) in [5.41, 5.74) is 9.55. The van der Waals surface area contributed by atoms with Crippen molar-refractivity contribution in [3.05, 3.63) is 54.5 Å². The molecule has 1 aromatic heterocycles. The quantitative estimate of drug-likeness (QED) is 0.653. The van der Waals surface area contributed by atoms with Crippen molar-refractivity contribution in [2.24, 2.45) is 11.7 Å². The third-order valence-electron chi connectivity index (χ3n) is 5.19. The van der Waals surface area contributed by atoms with Gasteiger partial charge < -0.3 is 16.0 Å². The van der Waals surface area contributed by atoms with Gasteiger partial charge in [0.15, 0.2) is 0 Å². The van der Waals surface area contributed by atoms with Crippen LogP contribution in [0.2, 0.25) is 0 Å². The topological polar surface area (TPSA) is 70.9 Å². The van der Waals surface area contributed by atoms with Crippen LogP contribution in [0.25, 0.3) is 22.0 Å². The molecular formula is C21H22FN3O. The monoisotopic (exact) mass is 351 g/mol. The first kappa shape index (κ1) is 16.8. The zero-order chi connectivity index (χ0) is 18.1. The smallest absolute Gasteiger partial charge is 0.227 e. The van der Waals surface area contributed by atoms with E-state index in [0.717, 1.165) is 53.4 Å². The fourth-order valence-corrected chi connectivity index (χ4v) is 3.78. The van der Waals surface area contributed by atoms with Crippen molar-refractivity contribution in [2.75, 3.05) is 5.32 Å². The summed E-state index contributed by atoms with van der Waals surface area (Å²) in [6, 6.07) is 12.6. The predicted molar refractivity (Wildman–Crippen MR) is 102 cm³/mol. The number of nitrogens with one attached hydrogen (secondary N) is 2. The molecule has 2 atom stereocenters. The van der Waals surface area contributed by atoms with E-state index in [4.69, 9.17) is 5.73 Å². The Morgan fingerprint density at radius 2 is 1.96 bits per heavy atom. The number of hydrogen-bond donors (Lipinski definition) is 3. The number of anilines is 1. The molecule has 4 rings (SSSR count). The summed E-state index contributed by atoms with van der Waals surface area (Å²) in [4.78, 5) is 15.5. The molecule has 4 N–H and O–H groups in total. The Labute approximate surface area is 151 Å². The van der Waals surface area contributed by atoms with Gasteiger partial charge in [-0.05, 0) is 55.2 Å². The molecule has 1 aliphatic carbocycles. The standard InChI is InChI=1S/C21H22FN3O/c22-15-6-9-18-19(12-24-20(18)11-15)13-4-7-17(8-5-13)25-21(26)14-2-1-3-16(23)10-14/h4-9,11-12,14,16,24H,1-3,10,23H2,(H,25,26)/t14-,16+/m0/s1. The Bertz CT molecular complexity index is 932. The molecule has 1 heterocycles. The number of aromatic amines is 1. The predicted octanol–water partition coefficient (Wildman–Crippen LogP) is 4.43. The summed E-state index contributed by atoms with van der Waals surface area (Å²) < 4.78 is 13.3. The lowest BCUT2D eigenvalue weighted by atomic mass is 9.85. The van der Waals surface area contributed by atoms with Crippen molar-refractivity contribution in [1.82, 2.24) is 4.98 Å². The van der Waals surface area contributed by atoms with E-state index < -0.39 is 0 Å². The van der Waals surface area contributed by atoms with Gasteiger partial charge in [0, 0.05) is 40.3 Å². The minimum Gasteiger partial charge on any atom is -0.360 e. The third-order valence-corrected chi connectivity index (χ3v) is 5.19. The molecule has 5 heteroatoms. The first-order valence-electron chi connectivity index (χ1n) is 9.03. The Hall–Kier alpha value is -2.66. The largest absolute Gasteiger partial charge is 0.360 e.